The lowest BCUT2D eigenvalue weighted by molar-refractivity contribution is -0.0537. The molecule has 6 rings (SSSR count). The Balaban J connectivity index is 1.95. The summed E-state index contributed by atoms with van der Waals surface area (Å²) < 4.78 is 34.4. The first-order valence-corrected chi connectivity index (χ1v) is 13.6. The average molecular weight is 579 g/mol. The fourth-order valence-electron chi connectivity index (χ4n) is 6.33. The normalized spacial score (nSPS) is 21.6. The molecule has 0 saturated carbocycles. The number of phenols is 2. The van der Waals surface area contributed by atoms with E-state index in [1.54, 1.807) is 38.1 Å². The van der Waals surface area contributed by atoms with Crippen molar-refractivity contribution in [3.05, 3.63) is 46.5 Å². The SMILES string of the molecule is COc1cc(OC)c2c(O)c3c(c(-c4c5c(c(O)c6c(OC)cc(OC)cc46)CO[C@@H](C)[C@H]5O)c2c1)[C@@H](O)[C@H](C)OC3. The molecule has 0 spiro atoms. The molecule has 0 aliphatic carbocycles. The molecule has 0 amide bonds. The first-order chi connectivity index (χ1) is 20.2. The summed E-state index contributed by atoms with van der Waals surface area (Å²) in [6, 6.07) is 6.86. The standard InChI is InChI=1S/C32H34O10/c1-13-29(33)27-19(11-41-13)31(35)23-17(7-15(37-3)9-21(23)39-5)25(27)26-18-8-16(38-4)10-22(40-6)24(18)32(36)20-12-42-14(2)30(34)28(20)26/h7-10,13-14,29-30,33-36H,11-12H2,1-6H3/t13-,14-,29-,30+/m0/s1. The second-order valence-corrected chi connectivity index (χ2v) is 10.7. The van der Waals surface area contributed by atoms with Crippen LogP contribution in [0.4, 0.5) is 0 Å². The van der Waals surface area contributed by atoms with E-state index in [1.165, 1.54) is 28.4 Å². The highest BCUT2D eigenvalue weighted by atomic mass is 16.5. The number of aliphatic hydroxyl groups is 2. The van der Waals surface area contributed by atoms with Crippen molar-refractivity contribution in [2.24, 2.45) is 0 Å². The maximum absolute atomic E-state index is 11.7. The Bertz CT molecular complexity index is 1600. The number of methoxy groups -OCH3 is 4. The van der Waals surface area contributed by atoms with Crippen LogP contribution in [0, 0.1) is 0 Å². The molecule has 10 heteroatoms. The van der Waals surface area contributed by atoms with E-state index in [1.807, 2.05) is 0 Å². The van der Waals surface area contributed by atoms with Crippen LogP contribution in [0.25, 0.3) is 32.7 Å². The van der Waals surface area contributed by atoms with Gasteiger partial charge in [0, 0.05) is 45.2 Å². The second kappa shape index (κ2) is 10.4. The molecule has 0 bridgehead atoms. The highest BCUT2D eigenvalue weighted by molar-refractivity contribution is 6.15. The first-order valence-electron chi connectivity index (χ1n) is 13.6. The Labute approximate surface area is 242 Å². The molecule has 4 aromatic carbocycles. The summed E-state index contributed by atoms with van der Waals surface area (Å²) in [6.07, 6.45) is -3.48. The Hall–Kier alpha value is -3.96. The third-order valence-electron chi connectivity index (χ3n) is 8.55. The Morgan fingerprint density at radius 1 is 0.619 bits per heavy atom. The largest absolute Gasteiger partial charge is 0.507 e. The van der Waals surface area contributed by atoms with Gasteiger partial charge in [-0.2, -0.15) is 0 Å². The molecule has 0 radical (unpaired) electrons. The fraction of sp³-hybridized carbons (Fsp3) is 0.375. The minimum absolute atomic E-state index is 0.0322. The van der Waals surface area contributed by atoms with Gasteiger partial charge in [-0.05, 0) is 37.1 Å². The maximum Gasteiger partial charge on any atom is 0.134 e. The molecule has 222 valence electrons. The van der Waals surface area contributed by atoms with E-state index < -0.39 is 24.4 Å². The molecule has 0 unspecified atom stereocenters. The van der Waals surface area contributed by atoms with Crippen molar-refractivity contribution in [1.82, 2.24) is 0 Å². The third kappa shape index (κ3) is 3.94. The van der Waals surface area contributed by atoms with Crippen LogP contribution in [0.15, 0.2) is 24.3 Å². The Morgan fingerprint density at radius 2 is 1.00 bits per heavy atom. The van der Waals surface area contributed by atoms with Gasteiger partial charge in [0.2, 0.25) is 0 Å². The number of ether oxygens (including phenoxy) is 6. The van der Waals surface area contributed by atoms with Crippen molar-refractivity contribution in [2.75, 3.05) is 28.4 Å². The van der Waals surface area contributed by atoms with Crippen LogP contribution in [0.3, 0.4) is 0 Å². The number of aromatic hydroxyl groups is 2. The van der Waals surface area contributed by atoms with Crippen molar-refractivity contribution < 1.29 is 48.8 Å². The molecule has 42 heavy (non-hydrogen) atoms. The van der Waals surface area contributed by atoms with Crippen molar-refractivity contribution in [2.45, 2.75) is 51.5 Å². The summed E-state index contributed by atoms with van der Waals surface area (Å²) in [6.45, 7) is 3.58. The summed E-state index contributed by atoms with van der Waals surface area (Å²) >= 11 is 0. The van der Waals surface area contributed by atoms with E-state index in [0.717, 1.165) is 0 Å². The predicted octanol–water partition coefficient (Wildman–Crippen LogP) is 5.01. The summed E-state index contributed by atoms with van der Waals surface area (Å²) in [7, 11) is 6.05. The van der Waals surface area contributed by atoms with Gasteiger partial charge in [0.1, 0.15) is 46.7 Å². The first kappa shape index (κ1) is 28.2. The molecule has 2 aliphatic rings. The van der Waals surface area contributed by atoms with Gasteiger partial charge in [-0.3, -0.25) is 0 Å². The molecule has 4 aromatic rings. The summed E-state index contributed by atoms with van der Waals surface area (Å²) in [4.78, 5) is 0. The van der Waals surface area contributed by atoms with Gasteiger partial charge in [0.15, 0.2) is 0 Å². The Kier molecular flexibility index (Phi) is 6.97. The third-order valence-corrected chi connectivity index (χ3v) is 8.55. The van der Waals surface area contributed by atoms with Gasteiger partial charge in [-0.15, -0.1) is 0 Å². The number of phenolic OH excluding ortho intramolecular Hbond substituents is 2. The smallest absolute Gasteiger partial charge is 0.134 e. The molecule has 2 aliphatic heterocycles. The number of fused-ring (bicyclic) bond motifs is 4. The minimum atomic E-state index is -1.14. The number of hydrogen-bond donors (Lipinski definition) is 4. The summed E-state index contributed by atoms with van der Waals surface area (Å²) in [5.41, 5.74) is 2.73. The van der Waals surface area contributed by atoms with Crippen molar-refractivity contribution in [3.63, 3.8) is 0 Å². The fourth-order valence-corrected chi connectivity index (χ4v) is 6.33. The van der Waals surface area contributed by atoms with Gasteiger partial charge in [-0.25, -0.2) is 0 Å². The molecule has 4 N–H and O–H groups in total. The van der Waals surface area contributed by atoms with Crippen LogP contribution in [0.2, 0.25) is 0 Å². The molecular formula is C32H34O10. The van der Waals surface area contributed by atoms with Crippen LogP contribution < -0.4 is 18.9 Å². The van der Waals surface area contributed by atoms with Gasteiger partial charge in [0.25, 0.3) is 0 Å². The van der Waals surface area contributed by atoms with Crippen molar-refractivity contribution in [1.29, 1.82) is 0 Å². The quantitative estimate of drug-likeness (QED) is 0.256. The average Bonchev–Trinajstić information content (AvgIpc) is 3.00. The van der Waals surface area contributed by atoms with E-state index in [0.29, 0.717) is 77.9 Å². The second-order valence-electron chi connectivity index (χ2n) is 10.7. The Morgan fingerprint density at radius 3 is 1.33 bits per heavy atom. The number of rotatable bonds is 5. The van der Waals surface area contributed by atoms with Crippen LogP contribution in [0.5, 0.6) is 34.5 Å². The molecule has 2 heterocycles. The topological polar surface area (TPSA) is 136 Å². The zero-order valence-corrected chi connectivity index (χ0v) is 24.3. The summed E-state index contributed by atoms with van der Waals surface area (Å²) in [5, 5.41) is 48.4. The van der Waals surface area contributed by atoms with Crippen LogP contribution in [-0.4, -0.2) is 61.1 Å². The van der Waals surface area contributed by atoms with Crippen molar-refractivity contribution >= 4 is 21.5 Å². The van der Waals surface area contributed by atoms with E-state index in [9.17, 15) is 20.4 Å². The molecule has 4 atom stereocenters. The zero-order valence-electron chi connectivity index (χ0n) is 24.3. The number of aliphatic hydroxyl groups excluding tert-OH is 2. The lowest BCUT2D eigenvalue weighted by Crippen LogP contribution is -2.28. The van der Waals surface area contributed by atoms with Crippen LogP contribution in [0.1, 0.15) is 48.3 Å². The van der Waals surface area contributed by atoms with Gasteiger partial charge in [0.05, 0.1) is 64.6 Å². The summed E-state index contributed by atoms with van der Waals surface area (Å²) in [5.74, 6) is 1.45. The maximum atomic E-state index is 11.7. The van der Waals surface area contributed by atoms with Crippen molar-refractivity contribution in [3.8, 4) is 45.6 Å². The monoisotopic (exact) mass is 578 g/mol. The van der Waals surface area contributed by atoms with E-state index >= 15 is 0 Å². The highest BCUT2D eigenvalue weighted by Crippen LogP contribution is 2.56. The van der Waals surface area contributed by atoms with E-state index in [-0.39, 0.29) is 24.7 Å². The van der Waals surface area contributed by atoms with E-state index in [4.69, 9.17) is 28.4 Å². The zero-order chi connectivity index (χ0) is 30.0. The van der Waals surface area contributed by atoms with Gasteiger partial charge >= 0.3 is 0 Å². The molecule has 0 saturated heterocycles. The predicted molar refractivity (Wildman–Crippen MR) is 155 cm³/mol. The van der Waals surface area contributed by atoms with Gasteiger partial charge < -0.3 is 48.8 Å². The molecular weight excluding hydrogens is 544 g/mol. The lowest BCUT2D eigenvalue weighted by atomic mass is 9.77. The van der Waals surface area contributed by atoms with Crippen LogP contribution in [-0.2, 0) is 22.7 Å². The highest BCUT2D eigenvalue weighted by Gasteiger charge is 2.39. The molecule has 10 nitrogen and oxygen atoms in total. The molecule has 0 fully saturated rings. The number of hydrogen-bond acceptors (Lipinski definition) is 10. The number of benzene rings is 4. The van der Waals surface area contributed by atoms with E-state index in [2.05, 4.69) is 0 Å². The minimum Gasteiger partial charge on any atom is -0.507 e. The molecule has 0 aromatic heterocycles. The van der Waals surface area contributed by atoms with Crippen LogP contribution >= 0.6 is 0 Å². The van der Waals surface area contributed by atoms with Gasteiger partial charge in [-0.1, -0.05) is 0 Å². The lowest BCUT2D eigenvalue weighted by Gasteiger charge is -2.36.